The first-order valence-corrected chi connectivity index (χ1v) is 5.00. The maximum atomic E-state index is 11.3. The first kappa shape index (κ1) is 11.8. The zero-order valence-corrected chi connectivity index (χ0v) is 9.70. The summed E-state index contributed by atoms with van der Waals surface area (Å²) in [4.78, 5) is 12.9. The third-order valence-electron chi connectivity index (χ3n) is 2.25. The molecule has 4 nitrogen and oxygen atoms in total. The molecule has 15 heavy (non-hydrogen) atoms. The van der Waals surface area contributed by atoms with Crippen LogP contribution >= 0.6 is 0 Å². The van der Waals surface area contributed by atoms with Crippen LogP contribution in [0.1, 0.15) is 24.5 Å². The second-order valence-electron chi connectivity index (χ2n) is 3.84. The molecule has 0 saturated carbocycles. The van der Waals surface area contributed by atoms with Crippen LogP contribution in [0, 0.1) is 6.92 Å². The van der Waals surface area contributed by atoms with Gasteiger partial charge >= 0.3 is 0 Å². The molecule has 1 unspecified atom stereocenters. The molecule has 1 amide bonds. The fourth-order valence-corrected chi connectivity index (χ4v) is 1.19. The summed E-state index contributed by atoms with van der Waals surface area (Å²) < 4.78 is 5.45. The Morgan fingerprint density at radius 3 is 2.67 bits per heavy atom. The summed E-state index contributed by atoms with van der Waals surface area (Å²) in [6.45, 7) is 4.20. The first-order valence-electron chi connectivity index (χ1n) is 5.00. The van der Waals surface area contributed by atoms with Crippen LogP contribution in [0.2, 0.25) is 0 Å². The molecule has 0 radical (unpaired) electrons. The van der Waals surface area contributed by atoms with Gasteiger partial charge in [-0.2, -0.15) is 0 Å². The van der Waals surface area contributed by atoms with Gasteiger partial charge in [0.05, 0.1) is 12.6 Å². The zero-order valence-electron chi connectivity index (χ0n) is 9.70. The molecule has 0 aromatic carbocycles. The predicted molar refractivity (Wildman–Crippen MR) is 58.6 cm³/mol. The third-order valence-corrected chi connectivity index (χ3v) is 2.25. The number of nitrogens with zero attached hydrogens (tertiary/aromatic N) is 1. The van der Waals surface area contributed by atoms with Gasteiger partial charge in [0.1, 0.15) is 11.5 Å². The van der Waals surface area contributed by atoms with E-state index in [0.29, 0.717) is 6.54 Å². The van der Waals surface area contributed by atoms with Crippen LogP contribution in [0.5, 0.6) is 0 Å². The maximum Gasteiger partial charge on any atom is 0.236 e. The van der Waals surface area contributed by atoms with Gasteiger partial charge in [0, 0.05) is 14.1 Å². The highest BCUT2D eigenvalue weighted by Gasteiger charge is 2.11. The summed E-state index contributed by atoms with van der Waals surface area (Å²) in [5.74, 6) is 1.81. The van der Waals surface area contributed by atoms with Gasteiger partial charge in [-0.05, 0) is 26.0 Å². The van der Waals surface area contributed by atoms with Gasteiger partial charge in [0.15, 0.2) is 0 Å². The molecular weight excluding hydrogens is 192 g/mol. The minimum absolute atomic E-state index is 0.0580. The Morgan fingerprint density at radius 2 is 2.20 bits per heavy atom. The molecule has 1 aromatic heterocycles. The number of carbonyl (C=O) groups is 1. The van der Waals surface area contributed by atoms with E-state index in [-0.39, 0.29) is 11.9 Å². The van der Waals surface area contributed by atoms with Gasteiger partial charge in [0.25, 0.3) is 0 Å². The van der Waals surface area contributed by atoms with Crippen molar-refractivity contribution >= 4 is 5.91 Å². The summed E-state index contributed by atoms with van der Waals surface area (Å²) in [6, 6.07) is 3.90. The van der Waals surface area contributed by atoms with E-state index < -0.39 is 0 Å². The fraction of sp³-hybridized carbons (Fsp3) is 0.545. The summed E-state index contributed by atoms with van der Waals surface area (Å²) in [5, 5.41) is 3.11. The number of aryl methyl sites for hydroxylation is 1. The highest BCUT2D eigenvalue weighted by molar-refractivity contribution is 5.77. The second kappa shape index (κ2) is 4.98. The Labute approximate surface area is 90.3 Å². The predicted octanol–water partition coefficient (Wildman–Crippen LogP) is 1.33. The van der Waals surface area contributed by atoms with Crippen molar-refractivity contribution in [2.24, 2.45) is 0 Å². The van der Waals surface area contributed by atoms with E-state index in [4.69, 9.17) is 4.42 Å². The Morgan fingerprint density at radius 1 is 1.53 bits per heavy atom. The molecule has 0 spiro atoms. The average Bonchev–Trinajstić information content (AvgIpc) is 2.60. The van der Waals surface area contributed by atoms with E-state index in [1.165, 1.54) is 0 Å². The lowest BCUT2D eigenvalue weighted by atomic mass is 10.2. The molecule has 0 bridgehead atoms. The summed E-state index contributed by atoms with van der Waals surface area (Å²) in [5.41, 5.74) is 0. The van der Waals surface area contributed by atoms with Crippen molar-refractivity contribution in [1.82, 2.24) is 10.2 Å². The summed E-state index contributed by atoms with van der Waals surface area (Å²) in [7, 11) is 3.48. The standard InChI is InChI=1S/C11H18N2O2/c1-8-5-6-10(15-8)9(2)12-7-11(14)13(3)4/h5-6,9,12H,7H2,1-4H3. The van der Waals surface area contributed by atoms with E-state index in [1.807, 2.05) is 26.0 Å². The molecule has 0 aliphatic carbocycles. The lowest BCUT2D eigenvalue weighted by Crippen LogP contribution is -2.34. The molecule has 4 heteroatoms. The topological polar surface area (TPSA) is 45.5 Å². The van der Waals surface area contributed by atoms with Crippen molar-refractivity contribution in [3.05, 3.63) is 23.7 Å². The molecule has 0 saturated heterocycles. The minimum Gasteiger partial charge on any atom is -0.465 e. The van der Waals surface area contributed by atoms with Crippen molar-refractivity contribution in [2.75, 3.05) is 20.6 Å². The van der Waals surface area contributed by atoms with Crippen LogP contribution in [-0.4, -0.2) is 31.4 Å². The molecule has 1 rings (SSSR count). The van der Waals surface area contributed by atoms with Crippen molar-refractivity contribution in [3.63, 3.8) is 0 Å². The van der Waals surface area contributed by atoms with E-state index in [9.17, 15) is 4.79 Å². The Balaban J connectivity index is 2.43. The third kappa shape index (κ3) is 3.40. The van der Waals surface area contributed by atoms with E-state index >= 15 is 0 Å². The van der Waals surface area contributed by atoms with Crippen LogP contribution in [0.15, 0.2) is 16.5 Å². The molecular formula is C11H18N2O2. The fourth-order valence-electron chi connectivity index (χ4n) is 1.19. The summed E-state index contributed by atoms with van der Waals surface area (Å²) >= 11 is 0. The van der Waals surface area contributed by atoms with Crippen LogP contribution in [0.3, 0.4) is 0 Å². The van der Waals surface area contributed by atoms with Gasteiger partial charge in [-0.1, -0.05) is 0 Å². The average molecular weight is 210 g/mol. The number of nitrogens with one attached hydrogen (secondary N) is 1. The summed E-state index contributed by atoms with van der Waals surface area (Å²) in [6.07, 6.45) is 0. The van der Waals surface area contributed by atoms with E-state index in [2.05, 4.69) is 5.32 Å². The van der Waals surface area contributed by atoms with Crippen LogP contribution < -0.4 is 5.32 Å². The largest absolute Gasteiger partial charge is 0.465 e. The zero-order chi connectivity index (χ0) is 11.4. The number of hydrogen-bond acceptors (Lipinski definition) is 3. The van der Waals surface area contributed by atoms with Crippen molar-refractivity contribution < 1.29 is 9.21 Å². The molecule has 1 N–H and O–H groups in total. The molecule has 84 valence electrons. The minimum atomic E-state index is 0.0580. The highest BCUT2D eigenvalue weighted by atomic mass is 16.3. The van der Waals surface area contributed by atoms with Gasteiger partial charge < -0.3 is 9.32 Å². The monoisotopic (exact) mass is 210 g/mol. The first-order chi connectivity index (χ1) is 7.00. The van der Waals surface area contributed by atoms with Crippen LogP contribution in [-0.2, 0) is 4.79 Å². The van der Waals surface area contributed by atoms with E-state index in [1.54, 1.807) is 19.0 Å². The smallest absolute Gasteiger partial charge is 0.236 e. The Hall–Kier alpha value is -1.29. The van der Waals surface area contributed by atoms with Crippen molar-refractivity contribution in [3.8, 4) is 0 Å². The van der Waals surface area contributed by atoms with Crippen LogP contribution in [0.4, 0.5) is 0 Å². The number of carbonyl (C=O) groups excluding carboxylic acids is 1. The van der Waals surface area contributed by atoms with Gasteiger partial charge in [0.2, 0.25) is 5.91 Å². The number of amides is 1. The number of furan rings is 1. The molecule has 0 aliphatic rings. The maximum absolute atomic E-state index is 11.3. The normalized spacial score (nSPS) is 12.5. The molecule has 0 aliphatic heterocycles. The highest BCUT2D eigenvalue weighted by Crippen LogP contribution is 2.14. The number of rotatable bonds is 4. The second-order valence-corrected chi connectivity index (χ2v) is 3.84. The van der Waals surface area contributed by atoms with Gasteiger partial charge in [-0.15, -0.1) is 0 Å². The SMILES string of the molecule is Cc1ccc(C(C)NCC(=O)N(C)C)o1. The lowest BCUT2D eigenvalue weighted by molar-refractivity contribution is -0.127. The quantitative estimate of drug-likeness (QED) is 0.815. The van der Waals surface area contributed by atoms with Crippen LogP contribution in [0.25, 0.3) is 0 Å². The number of hydrogen-bond donors (Lipinski definition) is 1. The molecule has 1 atom stereocenters. The lowest BCUT2D eigenvalue weighted by Gasteiger charge is -2.14. The molecule has 1 heterocycles. The Kier molecular flexibility index (Phi) is 3.91. The van der Waals surface area contributed by atoms with Gasteiger partial charge in [-0.3, -0.25) is 10.1 Å². The van der Waals surface area contributed by atoms with Crippen molar-refractivity contribution in [1.29, 1.82) is 0 Å². The number of likely N-dealkylation sites (N-methyl/N-ethyl adjacent to an activating group) is 1. The van der Waals surface area contributed by atoms with Crippen molar-refractivity contribution in [2.45, 2.75) is 19.9 Å². The Bertz CT molecular complexity index is 331. The molecule has 1 aromatic rings. The van der Waals surface area contributed by atoms with Gasteiger partial charge in [-0.25, -0.2) is 0 Å². The van der Waals surface area contributed by atoms with E-state index in [0.717, 1.165) is 11.5 Å². The molecule has 0 fully saturated rings.